The van der Waals surface area contributed by atoms with Gasteiger partial charge in [0, 0.05) is 11.3 Å². The number of thioether (sulfide) groups is 1. The first-order valence-corrected chi connectivity index (χ1v) is 8.72. The second-order valence-corrected chi connectivity index (χ2v) is 7.15. The van der Waals surface area contributed by atoms with Crippen LogP contribution < -0.4 is 5.56 Å². The molecule has 124 valence electrons. The lowest BCUT2D eigenvalue weighted by Crippen LogP contribution is -2.21. The van der Waals surface area contributed by atoms with Gasteiger partial charge in [0.2, 0.25) is 0 Å². The van der Waals surface area contributed by atoms with Crippen molar-refractivity contribution in [2.24, 2.45) is 5.92 Å². The Kier molecular flexibility index (Phi) is 7.65. The maximum atomic E-state index is 12.2. The van der Waals surface area contributed by atoms with Crippen molar-refractivity contribution in [1.29, 1.82) is 0 Å². The zero-order chi connectivity index (χ0) is 16.7. The number of aryl methyl sites for hydroxylation is 1. The fourth-order valence-corrected chi connectivity index (χ4v) is 3.12. The number of unbranched alkanes of at least 4 members (excludes halogenated alkanes) is 1. The summed E-state index contributed by atoms with van der Waals surface area (Å²) in [6, 6.07) is 0. The number of aliphatic carboxylic acids is 1. The third-order valence-corrected chi connectivity index (χ3v) is 4.66. The van der Waals surface area contributed by atoms with Gasteiger partial charge in [0.15, 0.2) is 5.16 Å². The third-order valence-electron chi connectivity index (χ3n) is 3.52. The molecule has 0 saturated heterocycles. The van der Waals surface area contributed by atoms with Crippen LogP contribution in [0.3, 0.4) is 0 Å². The Balaban J connectivity index is 2.88. The number of aromatic nitrogens is 2. The Morgan fingerprint density at radius 1 is 1.36 bits per heavy atom. The van der Waals surface area contributed by atoms with Crippen LogP contribution in [0.2, 0.25) is 0 Å². The van der Waals surface area contributed by atoms with Crippen LogP contribution in [-0.4, -0.2) is 26.3 Å². The first-order chi connectivity index (χ1) is 10.3. The van der Waals surface area contributed by atoms with Crippen molar-refractivity contribution in [2.45, 2.75) is 70.2 Å². The van der Waals surface area contributed by atoms with E-state index in [1.165, 1.54) is 0 Å². The van der Waals surface area contributed by atoms with Crippen LogP contribution in [0.4, 0.5) is 0 Å². The van der Waals surface area contributed by atoms with Crippen molar-refractivity contribution < 1.29 is 9.90 Å². The van der Waals surface area contributed by atoms with Gasteiger partial charge in [-0.15, -0.1) is 0 Å². The Labute approximate surface area is 135 Å². The summed E-state index contributed by atoms with van der Waals surface area (Å²) in [5.41, 5.74) is 1.26. The molecule has 0 amide bonds. The summed E-state index contributed by atoms with van der Waals surface area (Å²) in [5, 5.41) is 9.10. The van der Waals surface area contributed by atoms with Crippen LogP contribution >= 0.6 is 11.8 Å². The zero-order valence-electron chi connectivity index (χ0n) is 13.8. The van der Waals surface area contributed by atoms with E-state index in [9.17, 15) is 14.7 Å². The van der Waals surface area contributed by atoms with E-state index in [0.29, 0.717) is 35.2 Å². The van der Waals surface area contributed by atoms with Gasteiger partial charge in [-0.1, -0.05) is 45.4 Å². The lowest BCUT2D eigenvalue weighted by molar-refractivity contribution is -0.136. The minimum atomic E-state index is -0.859. The molecule has 0 aliphatic heterocycles. The number of nitrogens with zero attached hydrogens (tertiary/aromatic N) is 1. The van der Waals surface area contributed by atoms with E-state index in [-0.39, 0.29) is 5.56 Å². The number of carboxylic acids is 1. The molecule has 1 heterocycles. The normalized spacial score (nSPS) is 12.6. The second kappa shape index (κ2) is 8.98. The van der Waals surface area contributed by atoms with Crippen molar-refractivity contribution in [2.75, 3.05) is 0 Å². The molecule has 0 fully saturated rings. The van der Waals surface area contributed by atoms with Crippen LogP contribution in [0.25, 0.3) is 0 Å². The summed E-state index contributed by atoms with van der Waals surface area (Å²) in [6.45, 7) is 8.08. The maximum absolute atomic E-state index is 12.2. The summed E-state index contributed by atoms with van der Waals surface area (Å²) in [4.78, 5) is 30.6. The fourth-order valence-electron chi connectivity index (χ4n) is 2.12. The minimum absolute atomic E-state index is 0.143. The molecule has 6 heteroatoms. The molecule has 0 saturated carbocycles. The Morgan fingerprint density at radius 2 is 2.05 bits per heavy atom. The number of hydrogen-bond acceptors (Lipinski definition) is 4. The SMILES string of the molecule is CCCCC(Sc1nc(C)c(CCC(C)C)c(=O)[nH]1)C(=O)O. The number of carbonyl (C=O) groups is 1. The summed E-state index contributed by atoms with van der Waals surface area (Å²) in [7, 11) is 0. The molecule has 0 spiro atoms. The monoisotopic (exact) mass is 326 g/mol. The Hall–Kier alpha value is -1.30. The number of nitrogens with one attached hydrogen (secondary N) is 1. The van der Waals surface area contributed by atoms with Crippen LogP contribution in [-0.2, 0) is 11.2 Å². The summed E-state index contributed by atoms with van der Waals surface area (Å²) < 4.78 is 0. The van der Waals surface area contributed by atoms with Crippen LogP contribution in [0.15, 0.2) is 9.95 Å². The van der Waals surface area contributed by atoms with Crippen LogP contribution in [0.5, 0.6) is 0 Å². The molecule has 5 nitrogen and oxygen atoms in total. The number of H-pyrrole nitrogens is 1. The van der Waals surface area contributed by atoms with Gasteiger partial charge in [-0.05, 0) is 32.1 Å². The molecule has 1 aromatic rings. The second-order valence-electron chi connectivity index (χ2n) is 5.95. The van der Waals surface area contributed by atoms with Gasteiger partial charge >= 0.3 is 5.97 Å². The van der Waals surface area contributed by atoms with Crippen molar-refractivity contribution in [3.05, 3.63) is 21.6 Å². The number of aromatic amines is 1. The highest BCUT2D eigenvalue weighted by Crippen LogP contribution is 2.24. The average Bonchev–Trinajstić information content (AvgIpc) is 2.41. The predicted molar refractivity (Wildman–Crippen MR) is 89.6 cm³/mol. The molecular weight excluding hydrogens is 300 g/mol. The van der Waals surface area contributed by atoms with E-state index >= 15 is 0 Å². The molecule has 0 aromatic carbocycles. The molecule has 1 unspecified atom stereocenters. The van der Waals surface area contributed by atoms with E-state index < -0.39 is 11.2 Å². The van der Waals surface area contributed by atoms with Crippen molar-refractivity contribution in [3.8, 4) is 0 Å². The molecule has 1 rings (SSSR count). The zero-order valence-corrected chi connectivity index (χ0v) is 14.6. The molecule has 1 atom stereocenters. The Bertz CT molecular complexity index is 555. The van der Waals surface area contributed by atoms with Crippen LogP contribution in [0.1, 0.15) is 57.7 Å². The van der Waals surface area contributed by atoms with Gasteiger partial charge in [-0.25, -0.2) is 4.98 Å². The van der Waals surface area contributed by atoms with E-state index in [4.69, 9.17) is 0 Å². The molecule has 1 aromatic heterocycles. The van der Waals surface area contributed by atoms with Gasteiger partial charge in [0.25, 0.3) is 5.56 Å². The Morgan fingerprint density at radius 3 is 2.55 bits per heavy atom. The van der Waals surface area contributed by atoms with Gasteiger partial charge in [0.1, 0.15) is 5.25 Å². The minimum Gasteiger partial charge on any atom is -0.480 e. The lowest BCUT2D eigenvalue weighted by atomic mass is 10.0. The van der Waals surface area contributed by atoms with Gasteiger partial charge in [-0.2, -0.15) is 0 Å². The van der Waals surface area contributed by atoms with Gasteiger partial charge in [-0.3, -0.25) is 9.59 Å². The van der Waals surface area contributed by atoms with Gasteiger partial charge < -0.3 is 10.1 Å². The molecule has 22 heavy (non-hydrogen) atoms. The third kappa shape index (κ3) is 5.83. The number of carboxylic acid groups (broad SMARTS) is 1. The largest absolute Gasteiger partial charge is 0.480 e. The predicted octanol–water partition coefficient (Wildman–Crippen LogP) is 3.40. The van der Waals surface area contributed by atoms with Crippen molar-refractivity contribution in [1.82, 2.24) is 9.97 Å². The van der Waals surface area contributed by atoms with Crippen molar-refractivity contribution >= 4 is 17.7 Å². The topological polar surface area (TPSA) is 83.0 Å². The van der Waals surface area contributed by atoms with Crippen molar-refractivity contribution in [3.63, 3.8) is 0 Å². The highest BCUT2D eigenvalue weighted by Gasteiger charge is 2.20. The van der Waals surface area contributed by atoms with Gasteiger partial charge in [0.05, 0.1) is 0 Å². The number of hydrogen-bond donors (Lipinski definition) is 2. The molecule has 0 radical (unpaired) electrons. The lowest BCUT2D eigenvalue weighted by Gasteiger charge is -2.12. The summed E-state index contributed by atoms with van der Waals surface area (Å²) >= 11 is 1.13. The molecular formula is C16H26N2O3S. The molecule has 0 aliphatic rings. The quantitative estimate of drug-likeness (QED) is 0.537. The van der Waals surface area contributed by atoms with E-state index in [2.05, 4.69) is 23.8 Å². The maximum Gasteiger partial charge on any atom is 0.317 e. The highest BCUT2D eigenvalue weighted by molar-refractivity contribution is 8.00. The van der Waals surface area contributed by atoms with E-state index in [1.807, 2.05) is 13.8 Å². The molecule has 0 bridgehead atoms. The van der Waals surface area contributed by atoms with Crippen LogP contribution in [0, 0.1) is 12.8 Å². The summed E-state index contributed by atoms with van der Waals surface area (Å²) in [5.74, 6) is -0.332. The van der Waals surface area contributed by atoms with E-state index in [1.54, 1.807) is 0 Å². The number of rotatable bonds is 9. The standard InChI is InChI=1S/C16H26N2O3S/c1-5-6-7-13(15(20)21)22-16-17-11(4)12(14(19)18-16)9-8-10(2)3/h10,13H,5-9H2,1-4H3,(H,20,21)(H,17,18,19). The fraction of sp³-hybridized carbons (Fsp3) is 0.688. The smallest absolute Gasteiger partial charge is 0.317 e. The molecule has 2 N–H and O–H groups in total. The van der Waals surface area contributed by atoms with E-state index in [0.717, 1.165) is 31.0 Å². The first kappa shape index (κ1) is 18.7. The summed E-state index contributed by atoms with van der Waals surface area (Å²) in [6.07, 6.45) is 4.01. The first-order valence-electron chi connectivity index (χ1n) is 7.84. The highest BCUT2D eigenvalue weighted by atomic mass is 32.2. The molecule has 0 aliphatic carbocycles. The average molecular weight is 326 g/mol.